The van der Waals surface area contributed by atoms with Crippen LogP contribution in [-0.4, -0.2) is 5.71 Å². The second kappa shape index (κ2) is 6.35. The number of nitrogen functional groups attached to an aromatic ring is 1. The first-order valence-electron chi connectivity index (χ1n) is 5.78. The Kier molecular flexibility index (Phi) is 4.76. The van der Waals surface area contributed by atoms with Gasteiger partial charge in [-0.05, 0) is 37.3 Å². The first-order valence-corrected chi connectivity index (χ1v) is 6.92. The minimum Gasteiger partial charge on any atom is -0.398 e. The van der Waals surface area contributed by atoms with Crippen LogP contribution in [-0.2, 0) is 0 Å². The second-order valence-corrected chi connectivity index (χ2v) is 5.39. The van der Waals surface area contributed by atoms with Crippen LogP contribution in [0.2, 0.25) is 15.1 Å². The molecule has 20 heavy (non-hydrogen) atoms. The van der Waals surface area contributed by atoms with Crippen molar-refractivity contribution in [2.24, 2.45) is 5.10 Å². The Morgan fingerprint density at radius 2 is 1.75 bits per heavy atom. The third-order valence-electron chi connectivity index (χ3n) is 2.70. The van der Waals surface area contributed by atoms with Crippen LogP contribution in [0.1, 0.15) is 12.5 Å². The van der Waals surface area contributed by atoms with E-state index in [0.717, 1.165) is 5.56 Å². The summed E-state index contributed by atoms with van der Waals surface area (Å²) in [5.74, 6) is 0. The summed E-state index contributed by atoms with van der Waals surface area (Å²) in [6.07, 6.45) is 0. The van der Waals surface area contributed by atoms with Gasteiger partial charge in [-0.1, -0.05) is 40.9 Å². The first kappa shape index (κ1) is 15.0. The van der Waals surface area contributed by atoms with Crippen LogP contribution < -0.4 is 11.2 Å². The maximum Gasteiger partial charge on any atom is 0.0934 e. The topological polar surface area (TPSA) is 50.4 Å². The highest BCUT2D eigenvalue weighted by Crippen LogP contribution is 2.30. The maximum atomic E-state index is 6.05. The van der Waals surface area contributed by atoms with Gasteiger partial charge < -0.3 is 5.73 Å². The van der Waals surface area contributed by atoms with E-state index < -0.39 is 0 Å². The molecule has 0 bridgehead atoms. The highest BCUT2D eigenvalue weighted by molar-refractivity contribution is 6.39. The van der Waals surface area contributed by atoms with Crippen LogP contribution in [0.4, 0.5) is 11.4 Å². The minimum atomic E-state index is 0.494. The van der Waals surface area contributed by atoms with Crippen molar-refractivity contribution in [1.82, 2.24) is 0 Å². The van der Waals surface area contributed by atoms with Crippen molar-refractivity contribution in [2.75, 3.05) is 11.2 Å². The van der Waals surface area contributed by atoms with E-state index in [-0.39, 0.29) is 0 Å². The number of nitrogens with zero attached hydrogens (tertiary/aromatic N) is 1. The minimum absolute atomic E-state index is 0.494. The van der Waals surface area contributed by atoms with E-state index in [1.807, 2.05) is 6.92 Å². The van der Waals surface area contributed by atoms with Gasteiger partial charge in [-0.15, -0.1) is 0 Å². The summed E-state index contributed by atoms with van der Waals surface area (Å²) >= 11 is 18.1. The predicted octanol–water partition coefficient (Wildman–Crippen LogP) is 5.07. The van der Waals surface area contributed by atoms with Crippen LogP contribution in [0, 0.1) is 0 Å². The summed E-state index contributed by atoms with van der Waals surface area (Å²) in [6.45, 7) is 1.82. The van der Waals surface area contributed by atoms with Crippen molar-refractivity contribution in [3.63, 3.8) is 0 Å². The molecule has 0 radical (unpaired) electrons. The molecule has 0 aromatic heterocycles. The zero-order chi connectivity index (χ0) is 14.7. The van der Waals surface area contributed by atoms with E-state index in [1.54, 1.807) is 36.4 Å². The van der Waals surface area contributed by atoms with E-state index >= 15 is 0 Å². The average molecular weight is 329 g/mol. The number of hydrogen-bond donors (Lipinski definition) is 2. The van der Waals surface area contributed by atoms with Gasteiger partial charge in [0.05, 0.1) is 21.4 Å². The van der Waals surface area contributed by atoms with Crippen LogP contribution >= 0.6 is 34.8 Å². The molecule has 2 aromatic rings. The molecule has 0 fully saturated rings. The Bertz CT molecular complexity index is 648. The zero-order valence-electron chi connectivity index (χ0n) is 10.6. The number of benzene rings is 2. The maximum absolute atomic E-state index is 6.05. The third-order valence-corrected chi connectivity index (χ3v) is 3.57. The summed E-state index contributed by atoms with van der Waals surface area (Å²) in [7, 11) is 0. The SMILES string of the molecule is C/C(=N\Nc1c(Cl)cccc1Cl)c1cc(Cl)ccc1N. The van der Waals surface area contributed by atoms with Crippen LogP contribution in [0.15, 0.2) is 41.5 Å². The lowest BCUT2D eigenvalue weighted by atomic mass is 10.1. The van der Waals surface area contributed by atoms with Gasteiger partial charge in [0.15, 0.2) is 0 Å². The number of anilines is 2. The van der Waals surface area contributed by atoms with Gasteiger partial charge >= 0.3 is 0 Å². The van der Waals surface area contributed by atoms with Gasteiger partial charge in [-0.3, -0.25) is 5.43 Å². The van der Waals surface area contributed by atoms with E-state index in [0.29, 0.717) is 32.2 Å². The molecule has 0 aliphatic rings. The molecule has 2 aromatic carbocycles. The Labute approximate surface area is 132 Å². The smallest absolute Gasteiger partial charge is 0.0934 e. The van der Waals surface area contributed by atoms with Crippen molar-refractivity contribution in [2.45, 2.75) is 6.92 Å². The fraction of sp³-hybridized carbons (Fsp3) is 0.0714. The molecule has 2 rings (SSSR count). The lowest BCUT2D eigenvalue weighted by Crippen LogP contribution is -2.04. The Balaban J connectivity index is 2.29. The number of nitrogens with one attached hydrogen (secondary N) is 1. The quantitative estimate of drug-likeness (QED) is 0.470. The van der Waals surface area contributed by atoms with E-state index in [1.165, 1.54) is 0 Å². The summed E-state index contributed by atoms with van der Waals surface area (Å²) in [4.78, 5) is 0. The molecule has 0 aliphatic carbocycles. The molecule has 0 amide bonds. The third kappa shape index (κ3) is 3.37. The van der Waals surface area contributed by atoms with Crippen LogP contribution in [0.3, 0.4) is 0 Å². The lowest BCUT2D eigenvalue weighted by Gasteiger charge is -2.09. The Morgan fingerprint density at radius 1 is 1.10 bits per heavy atom. The van der Waals surface area contributed by atoms with Gasteiger partial charge in [0, 0.05) is 16.3 Å². The first-order chi connectivity index (χ1) is 9.49. The summed E-state index contributed by atoms with van der Waals surface area (Å²) in [6, 6.07) is 10.4. The lowest BCUT2D eigenvalue weighted by molar-refractivity contribution is 1.32. The fourth-order valence-electron chi connectivity index (χ4n) is 1.65. The van der Waals surface area contributed by atoms with Crippen LogP contribution in [0.5, 0.6) is 0 Å². The standard InChI is InChI=1S/C14H12Cl3N3/c1-8(10-7-9(15)5-6-13(10)18)19-20-14-11(16)3-2-4-12(14)17/h2-7,20H,18H2,1H3/b19-8+. The summed E-state index contributed by atoms with van der Waals surface area (Å²) in [5.41, 5.74) is 11.3. The molecule has 0 saturated carbocycles. The monoisotopic (exact) mass is 327 g/mol. The van der Waals surface area contributed by atoms with Crippen molar-refractivity contribution in [3.8, 4) is 0 Å². The number of rotatable bonds is 3. The molecule has 0 saturated heterocycles. The van der Waals surface area contributed by atoms with Crippen molar-refractivity contribution in [1.29, 1.82) is 0 Å². The molecule has 104 valence electrons. The van der Waals surface area contributed by atoms with Gasteiger partial charge in [-0.25, -0.2) is 0 Å². The molecular formula is C14H12Cl3N3. The molecular weight excluding hydrogens is 317 g/mol. The second-order valence-electron chi connectivity index (χ2n) is 4.14. The van der Waals surface area contributed by atoms with E-state index in [2.05, 4.69) is 10.5 Å². The van der Waals surface area contributed by atoms with Crippen LogP contribution in [0.25, 0.3) is 0 Å². The summed E-state index contributed by atoms with van der Waals surface area (Å²) in [5, 5.41) is 5.83. The molecule has 3 N–H and O–H groups in total. The zero-order valence-corrected chi connectivity index (χ0v) is 12.9. The molecule has 3 nitrogen and oxygen atoms in total. The number of para-hydroxylation sites is 1. The van der Waals surface area contributed by atoms with E-state index in [4.69, 9.17) is 40.5 Å². The van der Waals surface area contributed by atoms with Gasteiger partial charge in [0.2, 0.25) is 0 Å². The number of hydrogen-bond acceptors (Lipinski definition) is 3. The molecule has 0 heterocycles. The number of nitrogens with two attached hydrogens (primary N) is 1. The van der Waals surface area contributed by atoms with Crippen molar-refractivity contribution >= 4 is 51.9 Å². The Hall–Kier alpha value is -1.42. The van der Waals surface area contributed by atoms with E-state index in [9.17, 15) is 0 Å². The van der Waals surface area contributed by atoms with Gasteiger partial charge in [-0.2, -0.15) is 5.10 Å². The summed E-state index contributed by atoms with van der Waals surface area (Å²) < 4.78 is 0. The fourth-order valence-corrected chi connectivity index (χ4v) is 2.30. The predicted molar refractivity (Wildman–Crippen MR) is 88.2 cm³/mol. The number of hydrazone groups is 1. The van der Waals surface area contributed by atoms with Crippen molar-refractivity contribution in [3.05, 3.63) is 57.0 Å². The van der Waals surface area contributed by atoms with Gasteiger partial charge in [0.1, 0.15) is 0 Å². The number of halogens is 3. The molecule has 0 atom stereocenters. The largest absolute Gasteiger partial charge is 0.398 e. The van der Waals surface area contributed by atoms with Crippen molar-refractivity contribution < 1.29 is 0 Å². The van der Waals surface area contributed by atoms with Gasteiger partial charge in [0.25, 0.3) is 0 Å². The molecule has 0 unspecified atom stereocenters. The Morgan fingerprint density at radius 3 is 2.40 bits per heavy atom. The molecule has 0 spiro atoms. The average Bonchev–Trinajstić information content (AvgIpc) is 2.40. The molecule has 6 heteroatoms. The molecule has 0 aliphatic heterocycles. The highest BCUT2D eigenvalue weighted by atomic mass is 35.5. The highest BCUT2D eigenvalue weighted by Gasteiger charge is 2.06. The normalized spacial score (nSPS) is 11.5.